The van der Waals surface area contributed by atoms with Crippen molar-refractivity contribution >= 4 is 23.3 Å². The van der Waals surface area contributed by atoms with Gasteiger partial charge in [0, 0.05) is 37.0 Å². The molecule has 0 atom stereocenters. The average molecular weight is 321 g/mol. The monoisotopic (exact) mass is 321 g/mol. The van der Waals surface area contributed by atoms with Crippen LogP contribution in [-0.4, -0.2) is 36.5 Å². The number of amides is 3. The number of carbonyl (C=O) groups excluding carboxylic acids is 2. The first-order chi connectivity index (χ1) is 10.7. The first-order valence-electron chi connectivity index (χ1n) is 7.99. The molecule has 0 aromatic carbocycles. The molecule has 5 nitrogen and oxygen atoms in total. The predicted molar refractivity (Wildman–Crippen MR) is 86.8 cm³/mol. The molecule has 0 unspecified atom stereocenters. The average Bonchev–Trinajstić information content (AvgIpc) is 3.02. The lowest BCUT2D eigenvalue weighted by Crippen LogP contribution is -2.48. The molecule has 0 saturated heterocycles. The quantitative estimate of drug-likeness (QED) is 0.876. The fourth-order valence-corrected chi connectivity index (χ4v) is 4.28. The molecule has 120 valence electrons. The zero-order valence-electron chi connectivity index (χ0n) is 12.9. The molecule has 1 aliphatic heterocycles. The molecule has 0 spiro atoms. The van der Waals surface area contributed by atoms with E-state index in [1.807, 2.05) is 4.90 Å². The highest BCUT2D eigenvalue weighted by molar-refractivity contribution is 7.10. The third kappa shape index (κ3) is 3.27. The largest absolute Gasteiger partial charge is 0.359 e. The van der Waals surface area contributed by atoms with E-state index >= 15 is 0 Å². The Bertz CT molecular complexity index is 549. The highest BCUT2D eigenvalue weighted by Gasteiger charge is 2.28. The molecule has 1 saturated carbocycles. The van der Waals surface area contributed by atoms with Crippen LogP contribution in [0.2, 0.25) is 0 Å². The summed E-state index contributed by atoms with van der Waals surface area (Å²) in [6.07, 6.45) is 4.46. The van der Waals surface area contributed by atoms with Gasteiger partial charge in [-0.25, -0.2) is 4.79 Å². The number of nitrogens with one attached hydrogen (secondary N) is 2. The minimum absolute atomic E-state index is 0.0419. The van der Waals surface area contributed by atoms with Crippen LogP contribution >= 0.6 is 11.3 Å². The van der Waals surface area contributed by atoms with Crippen molar-refractivity contribution in [2.45, 2.75) is 44.7 Å². The first kappa shape index (κ1) is 15.3. The molecule has 1 aliphatic carbocycles. The van der Waals surface area contributed by atoms with E-state index in [1.54, 1.807) is 18.4 Å². The van der Waals surface area contributed by atoms with E-state index < -0.39 is 0 Å². The van der Waals surface area contributed by atoms with Crippen molar-refractivity contribution in [3.8, 4) is 0 Å². The van der Waals surface area contributed by atoms with Crippen LogP contribution in [0.15, 0.2) is 11.4 Å². The lowest BCUT2D eigenvalue weighted by molar-refractivity contribution is -0.125. The Morgan fingerprint density at radius 3 is 2.77 bits per heavy atom. The van der Waals surface area contributed by atoms with Gasteiger partial charge in [-0.1, -0.05) is 0 Å². The Kier molecular flexibility index (Phi) is 4.66. The van der Waals surface area contributed by atoms with Crippen molar-refractivity contribution in [1.29, 1.82) is 0 Å². The van der Waals surface area contributed by atoms with E-state index in [9.17, 15) is 9.59 Å². The van der Waals surface area contributed by atoms with E-state index in [2.05, 4.69) is 22.1 Å². The standard InChI is InChI=1S/C16H23N3O2S/c1-17-15(20)11-2-4-13(5-3-11)18-16(21)19-8-6-14-12(10-19)7-9-22-14/h7,9,11,13H,2-6,8,10H2,1H3,(H,17,20)(H,18,21). The van der Waals surface area contributed by atoms with Gasteiger partial charge in [0.1, 0.15) is 0 Å². The van der Waals surface area contributed by atoms with E-state index in [0.717, 1.165) is 45.2 Å². The molecule has 1 aromatic heterocycles. The van der Waals surface area contributed by atoms with Gasteiger partial charge in [0.05, 0.1) is 0 Å². The minimum Gasteiger partial charge on any atom is -0.359 e. The molecular weight excluding hydrogens is 298 g/mol. The Hall–Kier alpha value is -1.56. The summed E-state index contributed by atoms with van der Waals surface area (Å²) in [5, 5.41) is 7.97. The Labute approximate surface area is 135 Å². The molecular formula is C16H23N3O2S. The first-order valence-corrected chi connectivity index (χ1v) is 8.87. The van der Waals surface area contributed by atoms with E-state index in [4.69, 9.17) is 0 Å². The van der Waals surface area contributed by atoms with Gasteiger partial charge >= 0.3 is 6.03 Å². The van der Waals surface area contributed by atoms with Crippen LogP contribution in [0.25, 0.3) is 0 Å². The lowest BCUT2D eigenvalue weighted by atomic mass is 9.85. The molecule has 0 radical (unpaired) electrons. The number of urea groups is 1. The summed E-state index contributed by atoms with van der Waals surface area (Å²) in [4.78, 5) is 27.4. The molecule has 2 N–H and O–H groups in total. The van der Waals surface area contributed by atoms with E-state index in [-0.39, 0.29) is 23.9 Å². The van der Waals surface area contributed by atoms with Gasteiger partial charge in [-0.2, -0.15) is 0 Å². The number of hydrogen-bond acceptors (Lipinski definition) is 3. The second-order valence-corrected chi connectivity index (χ2v) is 7.15. The predicted octanol–water partition coefficient (Wildman–Crippen LogP) is 2.12. The van der Waals surface area contributed by atoms with Gasteiger partial charge in [0.2, 0.25) is 5.91 Å². The molecule has 22 heavy (non-hydrogen) atoms. The van der Waals surface area contributed by atoms with Crippen LogP contribution in [0, 0.1) is 5.92 Å². The van der Waals surface area contributed by atoms with E-state index in [0.29, 0.717) is 0 Å². The number of nitrogens with zero attached hydrogens (tertiary/aromatic N) is 1. The van der Waals surface area contributed by atoms with Crippen molar-refractivity contribution in [3.05, 3.63) is 21.9 Å². The summed E-state index contributed by atoms with van der Waals surface area (Å²) < 4.78 is 0. The maximum atomic E-state index is 12.4. The summed E-state index contributed by atoms with van der Waals surface area (Å²) in [5.41, 5.74) is 1.29. The highest BCUT2D eigenvalue weighted by Crippen LogP contribution is 2.26. The van der Waals surface area contributed by atoms with Crippen LogP contribution < -0.4 is 10.6 Å². The molecule has 1 aromatic rings. The van der Waals surface area contributed by atoms with Gasteiger partial charge in [-0.3, -0.25) is 4.79 Å². The normalized spacial score (nSPS) is 24.5. The van der Waals surface area contributed by atoms with Gasteiger partial charge < -0.3 is 15.5 Å². The van der Waals surface area contributed by atoms with Gasteiger partial charge in [0.15, 0.2) is 0 Å². The van der Waals surface area contributed by atoms with Crippen LogP contribution in [0.4, 0.5) is 4.79 Å². The summed E-state index contributed by atoms with van der Waals surface area (Å²) in [5.74, 6) is 0.243. The van der Waals surface area contributed by atoms with Crippen molar-refractivity contribution < 1.29 is 9.59 Å². The molecule has 0 bridgehead atoms. The van der Waals surface area contributed by atoms with Gasteiger partial charge in [0.25, 0.3) is 0 Å². The Morgan fingerprint density at radius 1 is 1.27 bits per heavy atom. The van der Waals surface area contributed by atoms with E-state index in [1.165, 1.54) is 10.4 Å². The van der Waals surface area contributed by atoms with Crippen molar-refractivity contribution in [2.24, 2.45) is 5.92 Å². The van der Waals surface area contributed by atoms with Gasteiger partial charge in [-0.05, 0) is 49.1 Å². The lowest BCUT2D eigenvalue weighted by Gasteiger charge is -2.32. The third-order valence-corrected chi connectivity index (χ3v) is 5.79. The summed E-state index contributed by atoms with van der Waals surface area (Å²) in [6.45, 7) is 1.52. The molecule has 2 aliphatic rings. The second-order valence-electron chi connectivity index (χ2n) is 6.15. The van der Waals surface area contributed by atoms with Crippen LogP contribution in [0.5, 0.6) is 0 Å². The molecule has 6 heteroatoms. The number of fused-ring (bicyclic) bond motifs is 1. The second kappa shape index (κ2) is 6.69. The minimum atomic E-state index is 0.0419. The highest BCUT2D eigenvalue weighted by atomic mass is 32.1. The number of thiophene rings is 1. The topological polar surface area (TPSA) is 61.4 Å². The zero-order valence-corrected chi connectivity index (χ0v) is 13.7. The molecule has 3 amide bonds. The fraction of sp³-hybridized carbons (Fsp3) is 0.625. The SMILES string of the molecule is CNC(=O)C1CCC(NC(=O)N2CCc3sccc3C2)CC1. The van der Waals surface area contributed by atoms with Crippen molar-refractivity contribution in [2.75, 3.05) is 13.6 Å². The number of hydrogen-bond donors (Lipinski definition) is 2. The maximum absolute atomic E-state index is 12.4. The van der Waals surface area contributed by atoms with Crippen molar-refractivity contribution in [1.82, 2.24) is 15.5 Å². The van der Waals surface area contributed by atoms with Gasteiger partial charge in [-0.15, -0.1) is 11.3 Å². The smallest absolute Gasteiger partial charge is 0.317 e. The summed E-state index contributed by atoms with van der Waals surface area (Å²) >= 11 is 1.78. The number of carbonyl (C=O) groups is 2. The van der Waals surface area contributed by atoms with Crippen LogP contribution in [0.3, 0.4) is 0 Å². The zero-order chi connectivity index (χ0) is 15.5. The summed E-state index contributed by atoms with van der Waals surface area (Å²) in [6, 6.07) is 2.37. The maximum Gasteiger partial charge on any atom is 0.317 e. The Morgan fingerprint density at radius 2 is 2.05 bits per heavy atom. The third-order valence-electron chi connectivity index (χ3n) is 4.77. The van der Waals surface area contributed by atoms with Crippen LogP contribution in [0.1, 0.15) is 36.1 Å². The van der Waals surface area contributed by atoms with Crippen LogP contribution in [-0.2, 0) is 17.8 Å². The Balaban J connectivity index is 1.48. The van der Waals surface area contributed by atoms with Crippen molar-refractivity contribution in [3.63, 3.8) is 0 Å². The molecule has 2 heterocycles. The molecule has 1 fully saturated rings. The number of rotatable bonds is 2. The molecule has 3 rings (SSSR count). The fourth-order valence-electron chi connectivity index (χ4n) is 3.39. The summed E-state index contributed by atoms with van der Waals surface area (Å²) in [7, 11) is 1.69.